The van der Waals surface area contributed by atoms with Crippen LogP contribution in [0, 0.1) is 11.3 Å². The number of hydrogen-bond acceptors (Lipinski definition) is 4. The van der Waals surface area contributed by atoms with Crippen molar-refractivity contribution < 1.29 is 4.79 Å². The molecule has 0 fully saturated rings. The molecule has 8 heteroatoms. The lowest BCUT2D eigenvalue weighted by Gasteiger charge is -2.30. The van der Waals surface area contributed by atoms with Crippen molar-refractivity contribution in [2.45, 2.75) is 36.9 Å². The van der Waals surface area contributed by atoms with Gasteiger partial charge in [-0.15, -0.1) is 0 Å². The smallest absolute Gasteiger partial charge is 0.240 e. The number of carbonyl (C=O) groups is 1. The third kappa shape index (κ3) is 5.87. The summed E-state index contributed by atoms with van der Waals surface area (Å²) >= 11 is 13.9. The van der Waals surface area contributed by atoms with E-state index in [1.807, 2.05) is 54.1 Å². The molecule has 32 heavy (non-hydrogen) atoms. The van der Waals surface area contributed by atoms with Gasteiger partial charge in [0.05, 0.1) is 27.0 Å². The number of aromatic nitrogens is 1. The molecule has 1 heterocycles. The minimum atomic E-state index is -0.516. The number of nitrogens with one attached hydrogen (secondary N) is 1. The average molecular weight is 487 g/mol. The van der Waals surface area contributed by atoms with Crippen molar-refractivity contribution >= 4 is 41.1 Å². The second-order valence-electron chi connectivity index (χ2n) is 7.35. The van der Waals surface area contributed by atoms with Crippen LogP contribution in [0.1, 0.15) is 30.6 Å². The number of rotatable bonds is 9. The summed E-state index contributed by atoms with van der Waals surface area (Å²) in [5.41, 5.74) is 1.62. The summed E-state index contributed by atoms with van der Waals surface area (Å²) in [6, 6.07) is 20.3. The Morgan fingerprint density at radius 1 is 1.12 bits per heavy atom. The molecule has 0 saturated heterocycles. The molecule has 0 aliphatic carbocycles. The molecule has 0 aliphatic heterocycles. The molecule has 3 aromatic rings. The Morgan fingerprint density at radius 3 is 2.47 bits per heavy atom. The molecule has 2 aromatic carbocycles. The normalized spacial score (nSPS) is 12.7. The van der Waals surface area contributed by atoms with Gasteiger partial charge in [0.1, 0.15) is 11.8 Å². The second kappa shape index (κ2) is 11.4. The van der Waals surface area contributed by atoms with Gasteiger partial charge in [0, 0.05) is 19.8 Å². The number of carbonyl (C=O) groups excluding carboxylic acids is 1. The number of halogens is 2. The highest BCUT2D eigenvalue weighted by molar-refractivity contribution is 7.97. The van der Waals surface area contributed by atoms with Gasteiger partial charge in [0.15, 0.2) is 0 Å². The Balaban J connectivity index is 1.78. The number of benzene rings is 2. The van der Waals surface area contributed by atoms with Gasteiger partial charge in [-0.25, -0.2) is 4.72 Å². The van der Waals surface area contributed by atoms with E-state index in [-0.39, 0.29) is 11.9 Å². The van der Waals surface area contributed by atoms with Crippen molar-refractivity contribution in [3.05, 3.63) is 88.2 Å². The van der Waals surface area contributed by atoms with E-state index in [1.165, 1.54) is 11.9 Å². The zero-order chi connectivity index (χ0) is 23.1. The van der Waals surface area contributed by atoms with Crippen molar-refractivity contribution in [3.8, 4) is 6.07 Å². The van der Waals surface area contributed by atoms with Gasteiger partial charge < -0.3 is 9.47 Å². The number of nitriles is 1. The van der Waals surface area contributed by atoms with E-state index >= 15 is 0 Å². The minimum Gasteiger partial charge on any atom is -0.339 e. The molecule has 0 bridgehead atoms. The van der Waals surface area contributed by atoms with E-state index in [4.69, 9.17) is 23.2 Å². The lowest BCUT2D eigenvalue weighted by molar-refractivity contribution is -0.133. The lowest BCUT2D eigenvalue weighted by atomic mass is 10.1. The standard InChI is InChI=1S/C24H24Cl2N4OS/c1-17(18-8-4-3-5-9-18)29(2)24(31)22(13-15-30-14-7-10-19(30)16-27)28-32-23-20(25)11-6-12-21(23)26/h3-12,14,17,22,28H,13,15H2,1-2H3. The first kappa shape index (κ1) is 24.2. The van der Waals surface area contributed by atoms with Gasteiger partial charge in [-0.05, 0) is 55.1 Å². The second-order valence-corrected chi connectivity index (χ2v) is 9.01. The van der Waals surface area contributed by atoms with E-state index in [0.717, 1.165) is 5.56 Å². The third-order valence-corrected chi connectivity index (χ3v) is 7.23. The van der Waals surface area contributed by atoms with Crippen LogP contribution in [0.4, 0.5) is 0 Å². The molecule has 1 N–H and O–H groups in total. The van der Waals surface area contributed by atoms with E-state index in [2.05, 4.69) is 10.8 Å². The number of hydrogen-bond donors (Lipinski definition) is 1. The van der Waals surface area contributed by atoms with Crippen LogP contribution in [-0.2, 0) is 11.3 Å². The number of nitrogens with zero attached hydrogens (tertiary/aromatic N) is 3. The first-order valence-corrected chi connectivity index (χ1v) is 11.7. The third-order valence-electron chi connectivity index (χ3n) is 5.33. The highest BCUT2D eigenvalue weighted by Crippen LogP contribution is 2.33. The Bertz CT molecular complexity index is 1080. The number of amides is 1. The maximum Gasteiger partial charge on any atom is 0.240 e. The predicted molar refractivity (Wildman–Crippen MR) is 131 cm³/mol. The topological polar surface area (TPSA) is 61.1 Å². The van der Waals surface area contributed by atoms with Crippen LogP contribution in [0.2, 0.25) is 10.0 Å². The number of aryl methyl sites for hydroxylation is 1. The van der Waals surface area contributed by atoms with Crippen molar-refractivity contribution in [2.24, 2.45) is 0 Å². The molecule has 0 radical (unpaired) electrons. The van der Waals surface area contributed by atoms with Crippen LogP contribution in [0.5, 0.6) is 0 Å². The quantitative estimate of drug-likeness (QED) is 0.380. The van der Waals surface area contributed by atoms with E-state index in [0.29, 0.717) is 33.6 Å². The molecule has 1 amide bonds. The maximum atomic E-state index is 13.5. The summed E-state index contributed by atoms with van der Waals surface area (Å²) in [6.07, 6.45) is 2.33. The van der Waals surface area contributed by atoms with E-state index in [1.54, 1.807) is 36.2 Å². The Kier molecular flexibility index (Phi) is 8.66. The van der Waals surface area contributed by atoms with Crippen molar-refractivity contribution in [2.75, 3.05) is 7.05 Å². The first-order chi connectivity index (χ1) is 15.4. The lowest BCUT2D eigenvalue weighted by Crippen LogP contribution is -2.44. The van der Waals surface area contributed by atoms with Crippen LogP contribution >= 0.6 is 35.1 Å². The van der Waals surface area contributed by atoms with Crippen molar-refractivity contribution in [3.63, 3.8) is 0 Å². The molecule has 3 rings (SSSR count). The monoisotopic (exact) mass is 486 g/mol. The van der Waals surface area contributed by atoms with Gasteiger partial charge in [-0.1, -0.05) is 59.6 Å². The minimum absolute atomic E-state index is 0.0531. The molecule has 2 unspecified atom stereocenters. The molecule has 0 saturated carbocycles. The van der Waals surface area contributed by atoms with Crippen molar-refractivity contribution in [1.82, 2.24) is 14.2 Å². The van der Waals surface area contributed by atoms with Gasteiger partial charge >= 0.3 is 0 Å². The molecular formula is C24H24Cl2N4OS. The van der Waals surface area contributed by atoms with Crippen LogP contribution < -0.4 is 4.72 Å². The zero-order valence-electron chi connectivity index (χ0n) is 17.8. The predicted octanol–water partition coefficient (Wildman–Crippen LogP) is 5.94. The van der Waals surface area contributed by atoms with Crippen LogP contribution in [0.3, 0.4) is 0 Å². The molecule has 2 atom stereocenters. The van der Waals surface area contributed by atoms with Crippen LogP contribution in [-0.4, -0.2) is 28.5 Å². The zero-order valence-corrected chi connectivity index (χ0v) is 20.2. The summed E-state index contributed by atoms with van der Waals surface area (Å²) in [5, 5.41) is 10.3. The molecular weight excluding hydrogens is 463 g/mol. The highest BCUT2D eigenvalue weighted by atomic mass is 35.5. The summed E-state index contributed by atoms with van der Waals surface area (Å²) in [4.78, 5) is 15.9. The Hall–Kier alpha value is -2.43. The SMILES string of the molecule is CC(c1ccccc1)N(C)C(=O)C(CCn1cccc1C#N)NSc1c(Cl)cccc1Cl. The number of likely N-dealkylation sites (N-methyl/N-ethyl adjacent to an activating group) is 1. The highest BCUT2D eigenvalue weighted by Gasteiger charge is 2.26. The van der Waals surface area contributed by atoms with E-state index < -0.39 is 6.04 Å². The van der Waals surface area contributed by atoms with Gasteiger partial charge in [0.25, 0.3) is 0 Å². The molecule has 166 valence electrons. The summed E-state index contributed by atoms with van der Waals surface area (Å²) in [7, 11) is 1.80. The fourth-order valence-electron chi connectivity index (χ4n) is 3.31. The Morgan fingerprint density at radius 2 is 1.81 bits per heavy atom. The largest absolute Gasteiger partial charge is 0.339 e. The Labute approximate surface area is 203 Å². The van der Waals surface area contributed by atoms with Crippen LogP contribution in [0.25, 0.3) is 0 Å². The summed E-state index contributed by atoms with van der Waals surface area (Å²) in [6.45, 7) is 2.52. The van der Waals surface area contributed by atoms with Crippen molar-refractivity contribution in [1.29, 1.82) is 5.26 Å². The van der Waals surface area contributed by atoms with Gasteiger partial charge in [-0.3, -0.25) is 4.79 Å². The van der Waals surface area contributed by atoms with Gasteiger partial charge in [0.2, 0.25) is 5.91 Å². The molecule has 0 spiro atoms. The first-order valence-electron chi connectivity index (χ1n) is 10.2. The maximum absolute atomic E-state index is 13.5. The fourth-order valence-corrected chi connectivity index (χ4v) is 4.75. The molecule has 0 aliphatic rings. The molecule has 1 aromatic heterocycles. The van der Waals surface area contributed by atoms with E-state index in [9.17, 15) is 10.1 Å². The molecule has 5 nitrogen and oxygen atoms in total. The van der Waals surface area contributed by atoms with Gasteiger partial charge in [-0.2, -0.15) is 5.26 Å². The van der Waals surface area contributed by atoms with Crippen LogP contribution in [0.15, 0.2) is 71.8 Å². The summed E-state index contributed by atoms with van der Waals surface area (Å²) < 4.78 is 5.11. The summed E-state index contributed by atoms with van der Waals surface area (Å²) in [5.74, 6) is -0.0531. The average Bonchev–Trinajstić information content (AvgIpc) is 3.27. The fraction of sp³-hybridized carbons (Fsp3) is 0.250.